The lowest BCUT2D eigenvalue weighted by Crippen LogP contribution is -2.24. The highest BCUT2D eigenvalue weighted by molar-refractivity contribution is 7.09. The minimum atomic E-state index is 0.0123. The molecular weight excluding hydrogens is 346 g/mol. The Bertz CT molecular complexity index is 871. The average molecular weight is 367 g/mol. The highest BCUT2D eigenvalue weighted by Crippen LogP contribution is 2.28. The van der Waals surface area contributed by atoms with Crippen LogP contribution in [0.2, 0.25) is 0 Å². The first-order valence-electron chi connectivity index (χ1n) is 8.91. The summed E-state index contributed by atoms with van der Waals surface area (Å²) in [5.41, 5.74) is 2.46. The van der Waals surface area contributed by atoms with Gasteiger partial charge in [0.2, 0.25) is 11.8 Å². The Hall–Kier alpha value is -2.47. The summed E-state index contributed by atoms with van der Waals surface area (Å²) >= 11 is 1.67. The van der Waals surface area contributed by atoms with E-state index in [9.17, 15) is 4.79 Å². The molecule has 1 amide bonds. The molecule has 4 rings (SSSR count). The quantitative estimate of drug-likeness (QED) is 0.665. The number of hydrogen-bond donors (Lipinski definition) is 0. The fourth-order valence-electron chi connectivity index (χ4n) is 3.27. The number of benzene rings is 1. The van der Waals surface area contributed by atoms with Crippen molar-refractivity contribution in [2.45, 2.75) is 38.6 Å². The van der Waals surface area contributed by atoms with E-state index in [0.29, 0.717) is 37.6 Å². The molecule has 26 heavy (non-hydrogen) atoms. The van der Waals surface area contributed by atoms with Gasteiger partial charge in [0, 0.05) is 30.3 Å². The maximum atomic E-state index is 12.4. The summed E-state index contributed by atoms with van der Waals surface area (Å²) in [4.78, 5) is 20.0. The minimum absolute atomic E-state index is 0.0123. The van der Waals surface area contributed by atoms with Crippen molar-refractivity contribution >= 4 is 17.2 Å². The monoisotopic (exact) mass is 367 g/mol. The molecule has 0 bridgehead atoms. The Balaban J connectivity index is 1.40. The molecule has 1 aliphatic rings. The topological polar surface area (TPSA) is 59.2 Å². The van der Waals surface area contributed by atoms with Crippen LogP contribution in [-0.2, 0) is 24.2 Å². The number of carbonyl (C=O) groups is 1. The standard InChI is InChI=1S/C20H21N3O2S/c1-2-14-5-7-15(8-6-14)12-23-13-16(10-19(23)24)20-21-18(25-22-20)11-17-4-3-9-26-17/h3-9,16H,2,10-13H2,1H3. The van der Waals surface area contributed by atoms with Gasteiger partial charge in [0.1, 0.15) is 0 Å². The van der Waals surface area contributed by atoms with Gasteiger partial charge in [0.05, 0.1) is 6.42 Å². The number of hydrogen-bond acceptors (Lipinski definition) is 5. The van der Waals surface area contributed by atoms with Gasteiger partial charge in [-0.1, -0.05) is 42.4 Å². The summed E-state index contributed by atoms with van der Waals surface area (Å²) in [6, 6.07) is 12.5. The van der Waals surface area contributed by atoms with E-state index in [0.717, 1.165) is 12.0 Å². The van der Waals surface area contributed by atoms with Gasteiger partial charge in [-0.15, -0.1) is 11.3 Å². The average Bonchev–Trinajstić information content (AvgIpc) is 3.39. The molecule has 1 fully saturated rings. The van der Waals surface area contributed by atoms with E-state index in [-0.39, 0.29) is 11.8 Å². The SMILES string of the molecule is CCc1ccc(CN2CC(c3noc(Cc4cccs4)n3)CC2=O)cc1. The molecule has 0 N–H and O–H groups in total. The number of nitrogens with zero attached hydrogens (tertiary/aromatic N) is 3. The maximum Gasteiger partial charge on any atom is 0.231 e. The van der Waals surface area contributed by atoms with Gasteiger partial charge in [-0.05, 0) is 29.0 Å². The third kappa shape index (κ3) is 3.70. The van der Waals surface area contributed by atoms with Crippen molar-refractivity contribution in [2.24, 2.45) is 0 Å². The first-order chi connectivity index (χ1) is 12.7. The zero-order chi connectivity index (χ0) is 17.9. The number of amides is 1. The van der Waals surface area contributed by atoms with Gasteiger partial charge >= 0.3 is 0 Å². The second-order valence-electron chi connectivity index (χ2n) is 6.65. The van der Waals surface area contributed by atoms with Gasteiger partial charge in [-0.3, -0.25) is 4.79 Å². The molecule has 0 radical (unpaired) electrons. The van der Waals surface area contributed by atoms with Crippen LogP contribution in [0.15, 0.2) is 46.3 Å². The van der Waals surface area contributed by atoms with Crippen LogP contribution in [0.25, 0.3) is 0 Å². The van der Waals surface area contributed by atoms with Gasteiger partial charge in [0.25, 0.3) is 0 Å². The van der Waals surface area contributed by atoms with Crippen LogP contribution < -0.4 is 0 Å². The molecule has 0 spiro atoms. The van der Waals surface area contributed by atoms with Crippen molar-refractivity contribution in [1.29, 1.82) is 0 Å². The summed E-state index contributed by atoms with van der Waals surface area (Å²) in [5, 5.41) is 6.15. The van der Waals surface area contributed by atoms with Crippen molar-refractivity contribution in [3.63, 3.8) is 0 Å². The van der Waals surface area contributed by atoms with Crippen LogP contribution in [0.4, 0.5) is 0 Å². The fourth-order valence-corrected chi connectivity index (χ4v) is 3.96. The smallest absolute Gasteiger partial charge is 0.231 e. The van der Waals surface area contributed by atoms with Crippen molar-refractivity contribution in [1.82, 2.24) is 15.0 Å². The van der Waals surface area contributed by atoms with Crippen LogP contribution in [-0.4, -0.2) is 27.5 Å². The first-order valence-corrected chi connectivity index (χ1v) is 9.79. The van der Waals surface area contributed by atoms with Gasteiger partial charge < -0.3 is 9.42 Å². The summed E-state index contributed by atoms with van der Waals surface area (Å²) in [7, 11) is 0. The van der Waals surface area contributed by atoms with Crippen LogP contribution in [0.5, 0.6) is 0 Å². The highest BCUT2D eigenvalue weighted by Gasteiger charge is 2.33. The van der Waals surface area contributed by atoms with Gasteiger partial charge in [-0.25, -0.2) is 0 Å². The van der Waals surface area contributed by atoms with Crippen molar-refractivity contribution in [3.05, 3.63) is 69.5 Å². The molecule has 1 saturated heterocycles. The number of carbonyl (C=O) groups excluding carboxylic acids is 1. The van der Waals surface area contributed by atoms with Crippen LogP contribution in [0, 0.1) is 0 Å². The fraction of sp³-hybridized carbons (Fsp3) is 0.350. The number of aryl methyl sites for hydroxylation is 1. The van der Waals surface area contributed by atoms with E-state index < -0.39 is 0 Å². The zero-order valence-electron chi connectivity index (χ0n) is 14.7. The van der Waals surface area contributed by atoms with E-state index >= 15 is 0 Å². The third-order valence-electron chi connectivity index (χ3n) is 4.77. The van der Waals surface area contributed by atoms with E-state index in [1.54, 1.807) is 11.3 Å². The van der Waals surface area contributed by atoms with E-state index in [4.69, 9.17) is 4.52 Å². The van der Waals surface area contributed by atoms with Crippen LogP contribution in [0.1, 0.15) is 47.0 Å². The van der Waals surface area contributed by atoms with Crippen LogP contribution >= 0.6 is 11.3 Å². The summed E-state index contributed by atoms with van der Waals surface area (Å²) in [6.45, 7) is 3.42. The lowest BCUT2D eigenvalue weighted by atomic mass is 10.1. The van der Waals surface area contributed by atoms with Gasteiger partial charge in [-0.2, -0.15) is 4.98 Å². The molecule has 3 heterocycles. The molecule has 1 aliphatic heterocycles. The predicted molar refractivity (Wildman–Crippen MR) is 100 cm³/mol. The molecule has 0 aliphatic carbocycles. The maximum absolute atomic E-state index is 12.4. The molecule has 6 heteroatoms. The molecule has 5 nitrogen and oxygen atoms in total. The van der Waals surface area contributed by atoms with E-state index in [1.165, 1.54) is 10.4 Å². The molecular formula is C20H21N3O2S. The lowest BCUT2D eigenvalue weighted by molar-refractivity contribution is -0.128. The third-order valence-corrected chi connectivity index (χ3v) is 5.65. The number of rotatable bonds is 6. The summed E-state index contributed by atoms with van der Waals surface area (Å²) in [6.07, 6.45) is 2.13. The molecule has 1 aromatic carbocycles. The molecule has 2 aromatic heterocycles. The minimum Gasteiger partial charge on any atom is -0.339 e. The Morgan fingerprint density at radius 3 is 2.77 bits per heavy atom. The largest absolute Gasteiger partial charge is 0.339 e. The summed E-state index contributed by atoms with van der Waals surface area (Å²) in [5.74, 6) is 1.43. The number of thiophene rings is 1. The second kappa shape index (κ2) is 7.41. The number of likely N-dealkylation sites (tertiary alicyclic amines) is 1. The van der Waals surface area contributed by atoms with Crippen LogP contribution in [0.3, 0.4) is 0 Å². The second-order valence-corrected chi connectivity index (χ2v) is 7.68. The number of aromatic nitrogens is 2. The molecule has 134 valence electrons. The normalized spacial score (nSPS) is 17.2. The van der Waals surface area contributed by atoms with Crippen molar-refractivity contribution in [3.8, 4) is 0 Å². The van der Waals surface area contributed by atoms with Crippen molar-refractivity contribution < 1.29 is 9.32 Å². The molecule has 0 saturated carbocycles. The lowest BCUT2D eigenvalue weighted by Gasteiger charge is -2.16. The highest BCUT2D eigenvalue weighted by atomic mass is 32.1. The van der Waals surface area contributed by atoms with E-state index in [2.05, 4.69) is 47.4 Å². The Morgan fingerprint density at radius 2 is 2.04 bits per heavy atom. The Kier molecular flexibility index (Phi) is 4.84. The molecule has 3 aromatic rings. The first kappa shape index (κ1) is 17.0. The zero-order valence-corrected chi connectivity index (χ0v) is 15.5. The van der Waals surface area contributed by atoms with Crippen molar-refractivity contribution in [2.75, 3.05) is 6.54 Å². The summed E-state index contributed by atoms with van der Waals surface area (Å²) < 4.78 is 5.38. The predicted octanol–water partition coefficient (Wildman–Crippen LogP) is 3.80. The molecule has 1 atom stereocenters. The Labute approximate surface area is 156 Å². The Morgan fingerprint density at radius 1 is 1.23 bits per heavy atom. The molecule has 1 unspecified atom stereocenters. The van der Waals surface area contributed by atoms with Gasteiger partial charge in [0.15, 0.2) is 5.82 Å². The van der Waals surface area contributed by atoms with E-state index in [1.807, 2.05) is 16.3 Å².